The number of nitrogens with zero attached hydrogens (tertiary/aromatic N) is 1. The number of carbonyl (C=O) groups excluding carboxylic acids is 1. The van der Waals surface area contributed by atoms with Crippen LogP contribution in [0.4, 0.5) is 0 Å². The van der Waals surface area contributed by atoms with Crippen molar-refractivity contribution < 1.29 is 9.53 Å². The van der Waals surface area contributed by atoms with Gasteiger partial charge in [-0.05, 0) is 58.5 Å². The van der Waals surface area contributed by atoms with Gasteiger partial charge in [-0.2, -0.15) is 0 Å². The van der Waals surface area contributed by atoms with Crippen LogP contribution < -0.4 is 0 Å². The molecule has 1 fully saturated rings. The van der Waals surface area contributed by atoms with Gasteiger partial charge in [-0.1, -0.05) is 110 Å². The summed E-state index contributed by atoms with van der Waals surface area (Å²) in [5.41, 5.74) is 0. The molecule has 1 saturated carbocycles. The van der Waals surface area contributed by atoms with E-state index in [0.717, 1.165) is 24.3 Å². The quantitative estimate of drug-likeness (QED) is 0.105. The minimum atomic E-state index is -0.0209. The molecule has 3 heteroatoms. The van der Waals surface area contributed by atoms with Crippen molar-refractivity contribution >= 4 is 5.97 Å². The molecule has 0 spiro atoms. The summed E-state index contributed by atoms with van der Waals surface area (Å²) in [5, 5.41) is 0. The fourth-order valence-corrected chi connectivity index (χ4v) is 5.42. The molecule has 1 aliphatic rings. The number of hydrogen-bond donors (Lipinski definition) is 0. The Morgan fingerprint density at radius 1 is 0.727 bits per heavy atom. The lowest BCUT2D eigenvalue weighted by Gasteiger charge is -2.24. The molecule has 3 nitrogen and oxygen atoms in total. The number of rotatable bonds is 24. The van der Waals surface area contributed by atoms with Crippen LogP contribution in [-0.4, -0.2) is 37.6 Å². The molecule has 0 saturated heterocycles. The second-order valence-electron chi connectivity index (χ2n) is 11.0. The Hall–Kier alpha value is -0.570. The van der Waals surface area contributed by atoms with Gasteiger partial charge in [0.1, 0.15) is 0 Å². The van der Waals surface area contributed by atoms with Crippen LogP contribution in [0.15, 0.2) is 0 Å². The standard InChI is InChI=1S/C30H59NO2/c1-5-7-8-9-13-18-23-29(31(3)4)24-19-14-11-10-12-16-21-27-26-28(27)22-17-15-20-25-30(32)33-6-2/h27-29H,5-26H2,1-4H3. The molecule has 0 aromatic carbocycles. The van der Waals surface area contributed by atoms with Crippen molar-refractivity contribution in [3.63, 3.8) is 0 Å². The van der Waals surface area contributed by atoms with Crippen molar-refractivity contribution in [2.24, 2.45) is 11.8 Å². The maximum absolute atomic E-state index is 11.3. The Bertz CT molecular complexity index is 451. The van der Waals surface area contributed by atoms with E-state index in [2.05, 4.69) is 25.9 Å². The van der Waals surface area contributed by atoms with Crippen molar-refractivity contribution in [1.82, 2.24) is 4.90 Å². The van der Waals surface area contributed by atoms with E-state index in [0.29, 0.717) is 13.0 Å². The van der Waals surface area contributed by atoms with Crippen LogP contribution in [0.5, 0.6) is 0 Å². The summed E-state index contributed by atoms with van der Waals surface area (Å²) in [4.78, 5) is 13.8. The largest absolute Gasteiger partial charge is 0.466 e. The number of unbranched alkanes of at least 4 members (excludes halogenated alkanes) is 12. The molecule has 3 unspecified atom stereocenters. The minimum Gasteiger partial charge on any atom is -0.466 e. The second kappa shape index (κ2) is 20.8. The average Bonchev–Trinajstić information content (AvgIpc) is 3.54. The average molecular weight is 466 g/mol. The summed E-state index contributed by atoms with van der Waals surface area (Å²) < 4.78 is 4.99. The summed E-state index contributed by atoms with van der Waals surface area (Å²) in [7, 11) is 4.55. The zero-order chi connectivity index (χ0) is 24.2. The maximum atomic E-state index is 11.3. The van der Waals surface area contributed by atoms with Crippen LogP contribution in [0.2, 0.25) is 0 Å². The highest BCUT2D eigenvalue weighted by atomic mass is 16.5. The molecule has 0 aromatic rings. The molecule has 0 bridgehead atoms. The summed E-state index contributed by atoms with van der Waals surface area (Å²) in [6.45, 7) is 4.69. The zero-order valence-corrected chi connectivity index (χ0v) is 23.1. The number of carbonyl (C=O) groups is 1. The summed E-state index contributed by atoms with van der Waals surface area (Å²) in [6.07, 6.45) is 28.3. The Balaban J connectivity index is 1.87. The van der Waals surface area contributed by atoms with Crippen LogP contribution in [0, 0.1) is 11.8 Å². The molecule has 0 aromatic heterocycles. The molecule has 0 heterocycles. The molecule has 1 rings (SSSR count). The molecule has 196 valence electrons. The first kappa shape index (κ1) is 30.5. The summed E-state index contributed by atoms with van der Waals surface area (Å²) >= 11 is 0. The van der Waals surface area contributed by atoms with E-state index in [4.69, 9.17) is 4.74 Å². The van der Waals surface area contributed by atoms with Gasteiger partial charge in [0.25, 0.3) is 0 Å². The number of ether oxygens (including phenoxy) is 1. The van der Waals surface area contributed by atoms with Crippen LogP contribution in [0.1, 0.15) is 149 Å². The van der Waals surface area contributed by atoms with Gasteiger partial charge in [-0.15, -0.1) is 0 Å². The first-order valence-corrected chi connectivity index (χ1v) is 14.9. The van der Waals surface area contributed by atoms with E-state index in [1.807, 2.05) is 6.92 Å². The fourth-order valence-electron chi connectivity index (χ4n) is 5.42. The van der Waals surface area contributed by atoms with Gasteiger partial charge in [0, 0.05) is 12.5 Å². The SMILES string of the molecule is CCCCCCCCC(CCCCCCCCC1CC1CCCCCC(=O)OCC)N(C)C. The third-order valence-electron chi connectivity index (χ3n) is 7.81. The minimum absolute atomic E-state index is 0.0209. The predicted octanol–water partition coefficient (Wildman–Crippen LogP) is 8.94. The molecular formula is C30H59NO2. The van der Waals surface area contributed by atoms with Gasteiger partial charge in [-0.3, -0.25) is 4.79 Å². The smallest absolute Gasteiger partial charge is 0.305 e. The Morgan fingerprint density at radius 3 is 1.73 bits per heavy atom. The lowest BCUT2D eigenvalue weighted by atomic mass is 9.99. The van der Waals surface area contributed by atoms with E-state index in [1.54, 1.807) is 0 Å². The monoisotopic (exact) mass is 465 g/mol. The third kappa shape index (κ3) is 17.5. The van der Waals surface area contributed by atoms with E-state index in [9.17, 15) is 4.79 Å². The van der Waals surface area contributed by atoms with Crippen molar-refractivity contribution in [2.75, 3.05) is 20.7 Å². The molecule has 0 aliphatic heterocycles. The van der Waals surface area contributed by atoms with Crippen molar-refractivity contribution in [3.8, 4) is 0 Å². The van der Waals surface area contributed by atoms with Gasteiger partial charge >= 0.3 is 5.97 Å². The lowest BCUT2D eigenvalue weighted by Crippen LogP contribution is -2.27. The lowest BCUT2D eigenvalue weighted by molar-refractivity contribution is -0.143. The van der Waals surface area contributed by atoms with Crippen molar-refractivity contribution in [3.05, 3.63) is 0 Å². The third-order valence-corrected chi connectivity index (χ3v) is 7.81. The molecule has 3 atom stereocenters. The molecule has 0 radical (unpaired) electrons. The molecule has 0 amide bonds. The molecule has 33 heavy (non-hydrogen) atoms. The first-order chi connectivity index (χ1) is 16.1. The van der Waals surface area contributed by atoms with Gasteiger partial charge in [0.15, 0.2) is 0 Å². The summed E-state index contributed by atoms with van der Waals surface area (Å²) in [5.74, 6) is 2.01. The Morgan fingerprint density at radius 2 is 1.21 bits per heavy atom. The molecule has 0 N–H and O–H groups in total. The van der Waals surface area contributed by atoms with Crippen LogP contribution >= 0.6 is 0 Å². The highest BCUT2D eigenvalue weighted by molar-refractivity contribution is 5.69. The van der Waals surface area contributed by atoms with Gasteiger partial charge in [0.05, 0.1) is 6.61 Å². The van der Waals surface area contributed by atoms with Crippen LogP contribution in [-0.2, 0) is 9.53 Å². The second-order valence-corrected chi connectivity index (χ2v) is 11.0. The number of hydrogen-bond acceptors (Lipinski definition) is 3. The van der Waals surface area contributed by atoms with E-state index < -0.39 is 0 Å². The normalized spacial score (nSPS) is 18.6. The first-order valence-electron chi connectivity index (χ1n) is 14.9. The molecular weight excluding hydrogens is 406 g/mol. The van der Waals surface area contributed by atoms with Crippen LogP contribution in [0.25, 0.3) is 0 Å². The van der Waals surface area contributed by atoms with Crippen molar-refractivity contribution in [1.29, 1.82) is 0 Å². The zero-order valence-electron chi connectivity index (χ0n) is 23.1. The maximum Gasteiger partial charge on any atom is 0.305 e. The van der Waals surface area contributed by atoms with E-state index in [1.165, 1.54) is 122 Å². The van der Waals surface area contributed by atoms with Gasteiger partial charge in [0.2, 0.25) is 0 Å². The number of esters is 1. The topological polar surface area (TPSA) is 29.5 Å². The Labute approximate surface area is 207 Å². The fraction of sp³-hybridized carbons (Fsp3) is 0.967. The van der Waals surface area contributed by atoms with E-state index in [-0.39, 0.29) is 5.97 Å². The molecule has 1 aliphatic carbocycles. The highest BCUT2D eigenvalue weighted by Gasteiger charge is 2.35. The van der Waals surface area contributed by atoms with Crippen LogP contribution in [0.3, 0.4) is 0 Å². The predicted molar refractivity (Wildman–Crippen MR) is 144 cm³/mol. The van der Waals surface area contributed by atoms with Gasteiger partial charge in [-0.25, -0.2) is 0 Å². The highest BCUT2D eigenvalue weighted by Crippen LogP contribution is 2.45. The summed E-state index contributed by atoms with van der Waals surface area (Å²) in [6, 6.07) is 0.799. The van der Waals surface area contributed by atoms with Gasteiger partial charge < -0.3 is 9.64 Å². The van der Waals surface area contributed by atoms with E-state index >= 15 is 0 Å². The van der Waals surface area contributed by atoms with Crippen molar-refractivity contribution in [2.45, 2.75) is 155 Å². The Kier molecular flexibility index (Phi) is 19.2.